The van der Waals surface area contributed by atoms with Crippen LogP contribution in [-0.2, 0) is 0 Å². The van der Waals surface area contributed by atoms with Crippen LogP contribution in [0.5, 0.6) is 5.88 Å². The third-order valence-corrected chi connectivity index (χ3v) is 3.89. The highest BCUT2D eigenvalue weighted by atomic mass is 32.1. The first-order valence-corrected chi connectivity index (χ1v) is 6.95. The van der Waals surface area contributed by atoms with E-state index in [-0.39, 0.29) is 0 Å². The predicted octanol–water partition coefficient (Wildman–Crippen LogP) is 2.62. The average molecular weight is 269 g/mol. The molecule has 1 aromatic rings. The Morgan fingerprint density at radius 1 is 1.56 bits per heavy atom. The van der Waals surface area contributed by atoms with E-state index in [1.165, 1.54) is 5.57 Å². The minimum Gasteiger partial charge on any atom is -0.480 e. The summed E-state index contributed by atoms with van der Waals surface area (Å²) in [6, 6.07) is 0.365. The molecule has 0 aliphatic heterocycles. The van der Waals surface area contributed by atoms with E-state index in [4.69, 9.17) is 4.74 Å². The van der Waals surface area contributed by atoms with Gasteiger partial charge in [-0.25, -0.2) is 0 Å². The highest BCUT2D eigenvalue weighted by Gasteiger charge is 2.12. The Kier molecular flexibility index (Phi) is 5.62. The number of anilines is 1. The summed E-state index contributed by atoms with van der Waals surface area (Å²) in [7, 11) is 5.63. The number of thiazole rings is 1. The molecular weight excluding hydrogens is 246 g/mol. The lowest BCUT2D eigenvalue weighted by Crippen LogP contribution is -2.26. The second kappa shape index (κ2) is 6.75. The molecule has 4 nitrogen and oxygen atoms in total. The molecule has 0 aromatic carbocycles. The SMILES string of the molecule is CCNC(C)C(C)=Cc1sc(N(C)C)nc1OC. The second-order valence-electron chi connectivity index (χ2n) is 4.43. The van der Waals surface area contributed by atoms with Crippen LogP contribution >= 0.6 is 11.3 Å². The lowest BCUT2D eigenvalue weighted by Gasteiger charge is -2.12. The Labute approximate surface area is 114 Å². The molecule has 0 fully saturated rings. The highest BCUT2D eigenvalue weighted by Crippen LogP contribution is 2.32. The van der Waals surface area contributed by atoms with E-state index in [1.807, 2.05) is 19.0 Å². The number of rotatable bonds is 6. The van der Waals surface area contributed by atoms with Crippen molar-refractivity contribution < 1.29 is 4.74 Å². The molecule has 0 spiro atoms. The number of nitrogens with zero attached hydrogens (tertiary/aromatic N) is 2. The van der Waals surface area contributed by atoms with Gasteiger partial charge in [0, 0.05) is 20.1 Å². The second-order valence-corrected chi connectivity index (χ2v) is 5.44. The van der Waals surface area contributed by atoms with Gasteiger partial charge < -0.3 is 15.0 Å². The van der Waals surface area contributed by atoms with Gasteiger partial charge in [-0.3, -0.25) is 0 Å². The molecule has 5 heteroatoms. The number of aromatic nitrogens is 1. The number of methoxy groups -OCH3 is 1. The van der Waals surface area contributed by atoms with Gasteiger partial charge in [0.1, 0.15) is 0 Å². The first kappa shape index (κ1) is 15.0. The smallest absolute Gasteiger partial charge is 0.233 e. The molecule has 18 heavy (non-hydrogen) atoms. The molecule has 102 valence electrons. The van der Waals surface area contributed by atoms with E-state index in [1.54, 1.807) is 18.4 Å². The maximum Gasteiger partial charge on any atom is 0.233 e. The standard InChI is InChI=1S/C13H23N3OS/c1-7-14-10(3)9(2)8-11-12(17-6)15-13(18-11)16(4)5/h8,10,14H,7H2,1-6H3. The number of ether oxygens (including phenoxy) is 1. The Balaban J connectivity index is 2.98. The first-order chi connectivity index (χ1) is 8.49. The zero-order valence-electron chi connectivity index (χ0n) is 12.1. The van der Waals surface area contributed by atoms with Gasteiger partial charge in [0.2, 0.25) is 5.88 Å². The zero-order chi connectivity index (χ0) is 13.7. The molecule has 0 aliphatic rings. The van der Waals surface area contributed by atoms with E-state index in [0.29, 0.717) is 11.9 Å². The fourth-order valence-corrected chi connectivity index (χ4v) is 2.50. The molecule has 0 saturated heterocycles. The number of hydrogen-bond acceptors (Lipinski definition) is 5. The average Bonchev–Trinajstić information content (AvgIpc) is 2.72. The van der Waals surface area contributed by atoms with Gasteiger partial charge in [-0.05, 0) is 26.5 Å². The van der Waals surface area contributed by atoms with Gasteiger partial charge in [-0.2, -0.15) is 4.98 Å². The Hall–Kier alpha value is -1.07. The van der Waals surface area contributed by atoms with Gasteiger partial charge in [0.15, 0.2) is 5.13 Å². The Bertz CT molecular complexity index is 412. The summed E-state index contributed by atoms with van der Waals surface area (Å²) in [6.45, 7) is 7.37. The van der Waals surface area contributed by atoms with Crippen molar-refractivity contribution in [1.29, 1.82) is 0 Å². The van der Waals surface area contributed by atoms with Crippen LogP contribution < -0.4 is 15.0 Å². The molecule has 0 radical (unpaired) electrons. The molecule has 0 saturated carbocycles. The minimum absolute atomic E-state index is 0.365. The highest BCUT2D eigenvalue weighted by molar-refractivity contribution is 7.16. The van der Waals surface area contributed by atoms with Crippen LogP contribution in [0.15, 0.2) is 5.57 Å². The van der Waals surface area contributed by atoms with Crippen LogP contribution in [0, 0.1) is 0 Å². The zero-order valence-corrected chi connectivity index (χ0v) is 12.9. The van der Waals surface area contributed by atoms with E-state index in [0.717, 1.165) is 16.6 Å². The molecule has 1 unspecified atom stereocenters. The molecular formula is C13H23N3OS. The lowest BCUT2D eigenvalue weighted by molar-refractivity contribution is 0.400. The van der Waals surface area contributed by atoms with Crippen molar-refractivity contribution in [2.24, 2.45) is 0 Å². The summed E-state index contributed by atoms with van der Waals surface area (Å²) >= 11 is 1.64. The van der Waals surface area contributed by atoms with Crippen molar-refractivity contribution in [3.8, 4) is 5.88 Å². The summed E-state index contributed by atoms with van der Waals surface area (Å²) in [5.74, 6) is 0.701. The lowest BCUT2D eigenvalue weighted by atomic mass is 10.1. The summed E-state index contributed by atoms with van der Waals surface area (Å²) < 4.78 is 5.32. The molecule has 1 heterocycles. The van der Waals surface area contributed by atoms with Gasteiger partial charge in [-0.15, -0.1) is 0 Å². The van der Waals surface area contributed by atoms with Crippen LogP contribution in [0.3, 0.4) is 0 Å². The molecule has 1 atom stereocenters. The monoisotopic (exact) mass is 269 g/mol. The third kappa shape index (κ3) is 3.71. The Morgan fingerprint density at radius 2 is 2.22 bits per heavy atom. The molecule has 1 rings (SSSR count). The van der Waals surface area contributed by atoms with Gasteiger partial charge >= 0.3 is 0 Å². The van der Waals surface area contributed by atoms with Crippen molar-refractivity contribution in [2.45, 2.75) is 26.8 Å². The van der Waals surface area contributed by atoms with Crippen LogP contribution in [0.4, 0.5) is 5.13 Å². The fraction of sp³-hybridized carbons (Fsp3) is 0.615. The van der Waals surface area contributed by atoms with Crippen LogP contribution in [0.2, 0.25) is 0 Å². The van der Waals surface area contributed by atoms with Crippen molar-refractivity contribution >= 4 is 22.5 Å². The van der Waals surface area contributed by atoms with Gasteiger partial charge in [0.05, 0.1) is 12.0 Å². The molecule has 1 N–H and O–H groups in total. The van der Waals surface area contributed by atoms with Crippen LogP contribution in [-0.4, -0.2) is 38.8 Å². The van der Waals surface area contributed by atoms with E-state index < -0.39 is 0 Å². The normalized spacial score (nSPS) is 13.6. The maximum absolute atomic E-state index is 5.32. The summed E-state index contributed by atoms with van der Waals surface area (Å²) in [4.78, 5) is 7.51. The fourth-order valence-electron chi connectivity index (χ4n) is 1.53. The topological polar surface area (TPSA) is 37.4 Å². The van der Waals surface area contributed by atoms with E-state index in [9.17, 15) is 0 Å². The van der Waals surface area contributed by atoms with Gasteiger partial charge in [0.25, 0.3) is 0 Å². The van der Waals surface area contributed by atoms with Crippen molar-refractivity contribution in [2.75, 3.05) is 32.6 Å². The van der Waals surface area contributed by atoms with Crippen LogP contribution in [0.25, 0.3) is 6.08 Å². The first-order valence-electron chi connectivity index (χ1n) is 6.13. The van der Waals surface area contributed by atoms with Crippen LogP contribution in [0.1, 0.15) is 25.6 Å². The summed E-state index contributed by atoms with van der Waals surface area (Å²) in [5, 5.41) is 4.36. The largest absolute Gasteiger partial charge is 0.480 e. The van der Waals surface area contributed by atoms with Crippen molar-refractivity contribution in [3.05, 3.63) is 10.5 Å². The number of likely N-dealkylation sites (N-methyl/N-ethyl adjacent to an activating group) is 1. The van der Waals surface area contributed by atoms with Crippen molar-refractivity contribution in [3.63, 3.8) is 0 Å². The quantitative estimate of drug-likeness (QED) is 0.861. The third-order valence-electron chi connectivity index (χ3n) is 2.74. The number of hydrogen-bond donors (Lipinski definition) is 1. The molecule has 0 aliphatic carbocycles. The Morgan fingerprint density at radius 3 is 2.72 bits per heavy atom. The van der Waals surface area contributed by atoms with E-state index in [2.05, 4.69) is 37.1 Å². The summed E-state index contributed by atoms with van der Waals surface area (Å²) in [6.07, 6.45) is 2.15. The van der Waals surface area contributed by atoms with E-state index >= 15 is 0 Å². The maximum atomic E-state index is 5.32. The predicted molar refractivity (Wildman–Crippen MR) is 79.8 cm³/mol. The van der Waals surface area contributed by atoms with Gasteiger partial charge in [-0.1, -0.05) is 23.8 Å². The molecule has 0 amide bonds. The molecule has 1 aromatic heterocycles. The molecule has 0 bridgehead atoms. The summed E-state index contributed by atoms with van der Waals surface area (Å²) in [5.41, 5.74) is 1.28. The van der Waals surface area contributed by atoms with Crippen molar-refractivity contribution in [1.82, 2.24) is 10.3 Å². The minimum atomic E-state index is 0.365. The number of nitrogens with one attached hydrogen (secondary N) is 1.